The monoisotopic (exact) mass is 424 g/mol. The van der Waals surface area contributed by atoms with Gasteiger partial charge >= 0.3 is 5.97 Å². The summed E-state index contributed by atoms with van der Waals surface area (Å²) in [7, 11) is 0. The first-order valence-electron chi connectivity index (χ1n) is 9.95. The van der Waals surface area contributed by atoms with Crippen LogP contribution in [0.5, 0.6) is 0 Å². The number of para-hydroxylation sites is 1. The number of carboxylic acids is 1. The topological polar surface area (TPSA) is 118 Å². The van der Waals surface area contributed by atoms with Crippen molar-refractivity contribution in [2.75, 3.05) is 26.3 Å². The summed E-state index contributed by atoms with van der Waals surface area (Å²) in [5.74, 6) is -3.15. The van der Waals surface area contributed by atoms with Gasteiger partial charge < -0.3 is 29.2 Å². The lowest BCUT2D eigenvalue weighted by molar-refractivity contribution is -0.152. The van der Waals surface area contributed by atoms with E-state index in [9.17, 15) is 19.5 Å². The average Bonchev–Trinajstić information content (AvgIpc) is 3.48. The Bertz CT molecular complexity index is 1200. The van der Waals surface area contributed by atoms with E-state index in [1.54, 1.807) is 18.2 Å². The fourth-order valence-corrected chi connectivity index (χ4v) is 4.25. The lowest BCUT2D eigenvalue weighted by Gasteiger charge is -2.23. The first kappa shape index (κ1) is 19.5. The minimum Gasteiger partial charge on any atom is -0.480 e. The number of aliphatic carboxylic acids is 1. The zero-order valence-electron chi connectivity index (χ0n) is 16.5. The Morgan fingerprint density at radius 3 is 2.58 bits per heavy atom. The first-order valence-corrected chi connectivity index (χ1v) is 9.95. The SMILES string of the molecule is O=C(NCC(=O)N1CC2(C[C@H]1C(=O)O)OCCO2)c1ccc2oc3ccccc3c2c1. The number of fused-ring (bicyclic) bond motifs is 3. The highest BCUT2D eigenvalue weighted by atomic mass is 16.7. The third-order valence-corrected chi connectivity index (χ3v) is 5.75. The maximum Gasteiger partial charge on any atom is 0.326 e. The standard InChI is InChI=1S/C22H20N2O7/c25-19(24-12-22(29-7-8-30-22)10-16(24)21(27)28)11-23-20(26)13-5-6-18-15(9-13)14-3-1-2-4-17(14)31-18/h1-6,9,16H,7-8,10-12H2,(H,23,26)(H,27,28)/t16-/m0/s1. The fraction of sp³-hybridized carbons (Fsp3) is 0.318. The van der Waals surface area contributed by atoms with Gasteiger partial charge in [-0.3, -0.25) is 9.59 Å². The van der Waals surface area contributed by atoms with Crippen molar-refractivity contribution in [2.24, 2.45) is 0 Å². The summed E-state index contributed by atoms with van der Waals surface area (Å²) in [6, 6.07) is 11.5. The Morgan fingerprint density at radius 1 is 1.06 bits per heavy atom. The zero-order valence-corrected chi connectivity index (χ0v) is 16.5. The van der Waals surface area contributed by atoms with Crippen molar-refractivity contribution >= 4 is 39.7 Å². The van der Waals surface area contributed by atoms with Crippen molar-refractivity contribution < 1.29 is 33.4 Å². The number of furan rings is 1. The molecule has 0 bridgehead atoms. The normalized spacial score (nSPS) is 20.0. The molecule has 31 heavy (non-hydrogen) atoms. The Labute approximate surface area is 176 Å². The van der Waals surface area contributed by atoms with Crippen molar-refractivity contribution in [3.8, 4) is 0 Å². The predicted molar refractivity (Wildman–Crippen MR) is 108 cm³/mol. The molecule has 160 valence electrons. The van der Waals surface area contributed by atoms with Crippen molar-refractivity contribution in [1.29, 1.82) is 0 Å². The predicted octanol–water partition coefficient (Wildman–Crippen LogP) is 1.74. The van der Waals surface area contributed by atoms with Gasteiger partial charge in [-0.1, -0.05) is 18.2 Å². The minimum atomic E-state index is -1.13. The number of likely N-dealkylation sites (tertiary alicyclic amines) is 1. The summed E-state index contributed by atoms with van der Waals surface area (Å²) in [4.78, 5) is 38.2. The average molecular weight is 424 g/mol. The molecule has 1 aromatic heterocycles. The highest BCUT2D eigenvalue weighted by Gasteiger charge is 2.52. The van der Waals surface area contributed by atoms with Gasteiger partial charge in [0.05, 0.1) is 26.3 Å². The van der Waals surface area contributed by atoms with E-state index in [-0.39, 0.29) is 19.5 Å². The van der Waals surface area contributed by atoms with Crippen molar-refractivity contribution in [2.45, 2.75) is 18.2 Å². The van der Waals surface area contributed by atoms with Crippen LogP contribution in [0.25, 0.3) is 21.9 Å². The molecule has 5 rings (SSSR count). The smallest absolute Gasteiger partial charge is 0.326 e. The molecule has 9 nitrogen and oxygen atoms in total. The Hall–Kier alpha value is -3.43. The third-order valence-electron chi connectivity index (χ3n) is 5.75. The molecular formula is C22H20N2O7. The summed E-state index contributed by atoms with van der Waals surface area (Å²) in [6.07, 6.45) is 0.0618. The number of carbonyl (C=O) groups is 3. The van der Waals surface area contributed by atoms with Gasteiger partial charge in [0, 0.05) is 22.8 Å². The lowest BCUT2D eigenvalue weighted by atomic mass is 10.1. The number of amides is 2. The molecule has 0 aliphatic carbocycles. The van der Waals surface area contributed by atoms with Gasteiger partial charge in [0.1, 0.15) is 17.2 Å². The molecule has 0 unspecified atom stereocenters. The molecule has 0 saturated carbocycles. The van der Waals surface area contributed by atoms with Crippen molar-refractivity contribution in [3.05, 3.63) is 48.0 Å². The number of ether oxygens (including phenoxy) is 2. The summed E-state index contributed by atoms with van der Waals surface area (Å²) >= 11 is 0. The third kappa shape index (κ3) is 3.41. The molecule has 2 aliphatic rings. The second kappa shape index (κ2) is 7.36. The number of carbonyl (C=O) groups excluding carboxylic acids is 2. The van der Waals surface area contributed by atoms with Gasteiger partial charge in [0.2, 0.25) is 5.91 Å². The molecule has 2 aliphatic heterocycles. The number of benzene rings is 2. The molecule has 2 amide bonds. The van der Waals surface area contributed by atoms with E-state index in [0.29, 0.717) is 24.4 Å². The van der Waals surface area contributed by atoms with E-state index in [1.807, 2.05) is 24.3 Å². The molecule has 2 N–H and O–H groups in total. The van der Waals surface area contributed by atoms with Gasteiger partial charge in [0.15, 0.2) is 5.79 Å². The fourth-order valence-electron chi connectivity index (χ4n) is 4.25. The van der Waals surface area contributed by atoms with E-state index in [4.69, 9.17) is 13.9 Å². The van der Waals surface area contributed by atoms with Crippen LogP contribution in [0.2, 0.25) is 0 Å². The van der Waals surface area contributed by atoms with Crippen LogP contribution in [0, 0.1) is 0 Å². The molecular weight excluding hydrogens is 404 g/mol. The van der Waals surface area contributed by atoms with Crippen LogP contribution in [0.15, 0.2) is 46.9 Å². The molecule has 9 heteroatoms. The second-order valence-electron chi connectivity index (χ2n) is 7.68. The summed E-state index contributed by atoms with van der Waals surface area (Å²) in [6.45, 7) is 0.404. The van der Waals surface area contributed by atoms with Gasteiger partial charge in [-0.25, -0.2) is 4.79 Å². The lowest BCUT2D eigenvalue weighted by Crippen LogP contribution is -2.46. The van der Waals surface area contributed by atoms with E-state index in [0.717, 1.165) is 16.4 Å². The van der Waals surface area contributed by atoms with Gasteiger partial charge in [0.25, 0.3) is 5.91 Å². The minimum absolute atomic E-state index is 0.0195. The number of carboxylic acid groups (broad SMARTS) is 1. The summed E-state index contributed by atoms with van der Waals surface area (Å²) in [5, 5.41) is 13.8. The number of hydrogen-bond acceptors (Lipinski definition) is 6. The van der Waals surface area contributed by atoms with Crippen molar-refractivity contribution in [3.63, 3.8) is 0 Å². The molecule has 3 heterocycles. The Morgan fingerprint density at radius 2 is 1.81 bits per heavy atom. The molecule has 2 fully saturated rings. The van der Waals surface area contributed by atoms with Gasteiger partial charge in [-0.15, -0.1) is 0 Å². The highest BCUT2D eigenvalue weighted by molar-refractivity contribution is 6.08. The van der Waals surface area contributed by atoms with E-state index in [2.05, 4.69) is 5.32 Å². The Balaban J connectivity index is 1.30. The maximum atomic E-state index is 12.7. The van der Waals surface area contributed by atoms with E-state index in [1.165, 1.54) is 4.90 Å². The number of hydrogen-bond donors (Lipinski definition) is 2. The maximum absolute atomic E-state index is 12.7. The Kier molecular flexibility index (Phi) is 4.64. The van der Waals surface area contributed by atoms with Crippen LogP contribution < -0.4 is 5.32 Å². The molecule has 2 aromatic carbocycles. The summed E-state index contributed by atoms with van der Waals surface area (Å²) < 4.78 is 16.9. The van der Waals surface area contributed by atoms with E-state index >= 15 is 0 Å². The second-order valence-corrected chi connectivity index (χ2v) is 7.68. The van der Waals surface area contributed by atoms with Gasteiger partial charge in [-0.2, -0.15) is 0 Å². The number of nitrogens with one attached hydrogen (secondary N) is 1. The molecule has 1 atom stereocenters. The first-order chi connectivity index (χ1) is 15.0. The quantitative estimate of drug-likeness (QED) is 0.655. The van der Waals surface area contributed by atoms with Crippen LogP contribution in [0.3, 0.4) is 0 Å². The number of nitrogens with zero attached hydrogens (tertiary/aromatic N) is 1. The zero-order chi connectivity index (χ0) is 21.6. The molecule has 2 saturated heterocycles. The van der Waals surface area contributed by atoms with Crippen LogP contribution in [0.4, 0.5) is 0 Å². The van der Waals surface area contributed by atoms with Crippen LogP contribution >= 0.6 is 0 Å². The van der Waals surface area contributed by atoms with Crippen molar-refractivity contribution in [1.82, 2.24) is 10.2 Å². The van der Waals surface area contributed by atoms with E-state index < -0.39 is 29.6 Å². The molecule has 3 aromatic rings. The number of rotatable bonds is 4. The summed E-state index contributed by atoms with van der Waals surface area (Å²) in [5.41, 5.74) is 1.77. The van der Waals surface area contributed by atoms with Crippen LogP contribution in [-0.2, 0) is 19.1 Å². The highest BCUT2D eigenvalue weighted by Crippen LogP contribution is 2.35. The molecule has 0 radical (unpaired) electrons. The molecule has 1 spiro atoms. The largest absolute Gasteiger partial charge is 0.480 e. The van der Waals surface area contributed by atoms with Crippen LogP contribution in [-0.4, -0.2) is 65.9 Å². The van der Waals surface area contributed by atoms with Crippen LogP contribution in [0.1, 0.15) is 16.8 Å². The van der Waals surface area contributed by atoms with Gasteiger partial charge in [-0.05, 0) is 24.3 Å².